The van der Waals surface area contributed by atoms with Gasteiger partial charge in [0, 0.05) is 0 Å². The predicted octanol–water partition coefficient (Wildman–Crippen LogP) is 2.47. The van der Waals surface area contributed by atoms with Gasteiger partial charge in [-0.25, -0.2) is 13.3 Å². The van der Waals surface area contributed by atoms with Gasteiger partial charge >= 0.3 is 5.76 Å². The van der Waals surface area contributed by atoms with Gasteiger partial charge in [-0.3, -0.25) is 9.59 Å². The first kappa shape index (κ1) is 18.0. The molecule has 4 aliphatic carbocycles. The van der Waals surface area contributed by atoms with Crippen molar-refractivity contribution in [3.63, 3.8) is 0 Å². The molecule has 1 saturated heterocycles. The first-order valence-electron chi connectivity index (χ1n) is 9.35. The van der Waals surface area contributed by atoms with Crippen LogP contribution in [0.15, 0.2) is 23.1 Å². The van der Waals surface area contributed by atoms with Crippen molar-refractivity contribution in [2.45, 2.75) is 29.9 Å². The molecule has 4 saturated carbocycles. The molecule has 28 heavy (non-hydrogen) atoms. The Morgan fingerprint density at radius 2 is 1.61 bits per heavy atom. The third-order valence-electron chi connectivity index (χ3n) is 7.10. The van der Waals surface area contributed by atoms with Gasteiger partial charge in [-0.1, -0.05) is 0 Å². The number of hydrogen-bond acceptors (Lipinski definition) is 5. The predicted molar refractivity (Wildman–Crippen MR) is 93.5 cm³/mol. The van der Waals surface area contributed by atoms with Crippen LogP contribution in [0.2, 0.25) is 0 Å². The summed E-state index contributed by atoms with van der Waals surface area (Å²) in [6.45, 7) is 0. The van der Waals surface area contributed by atoms with Crippen molar-refractivity contribution in [3.05, 3.63) is 18.2 Å². The zero-order valence-electron chi connectivity index (χ0n) is 15.0. The molecule has 9 heteroatoms. The number of amides is 2. The second kappa shape index (κ2) is 5.75. The molecule has 2 amide bonds. The molecule has 0 spiro atoms. The number of rotatable bonds is 4. The van der Waals surface area contributed by atoms with Gasteiger partial charge in [0.05, 0.1) is 29.5 Å². The summed E-state index contributed by atoms with van der Waals surface area (Å²) in [5, 5.41) is 0. The van der Waals surface area contributed by atoms with Crippen LogP contribution < -0.4 is 9.64 Å². The van der Waals surface area contributed by atoms with Crippen LogP contribution in [-0.2, 0) is 19.4 Å². The van der Waals surface area contributed by atoms with E-state index in [2.05, 4.69) is 0 Å². The highest BCUT2D eigenvalue weighted by molar-refractivity contribution is 7.91. The van der Waals surface area contributed by atoms with Crippen molar-refractivity contribution in [2.24, 2.45) is 35.5 Å². The number of carbonyl (C=O) groups excluding carboxylic acids is 2. The Hall–Kier alpha value is -2.03. The number of fused-ring (bicyclic) bond motifs is 1. The molecule has 6 nitrogen and oxygen atoms in total. The average Bonchev–Trinajstić information content (AvgIpc) is 3.45. The van der Waals surface area contributed by atoms with Crippen molar-refractivity contribution in [1.29, 1.82) is 0 Å². The summed E-state index contributed by atoms with van der Waals surface area (Å²) in [6.07, 6.45) is 2.93. The minimum atomic E-state index is -4.86. The van der Waals surface area contributed by atoms with E-state index in [0.717, 1.165) is 36.3 Å². The van der Waals surface area contributed by atoms with E-state index in [4.69, 9.17) is 4.74 Å². The summed E-state index contributed by atoms with van der Waals surface area (Å²) in [4.78, 5) is 26.8. The lowest BCUT2D eigenvalue weighted by Gasteiger charge is -2.42. The van der Waals surface area contributed by atoms with Gasteiger partial charge in [-0.05, 0) is 61.1 Å². The first-order valence-corrected chi connectivity index (χ1v) is 10.9. The second-order valence-corrected chi connectivity index (χ2v) is 10.1. The number of alkyl halides is 2. The van der Waals surface area contributed by atoms with Gasteiger partial charge in [0.25, 0.3) is 0 Å². The number of carbonyl (C=O) groups is 2. The second-order valence-electron chi connectivity index (χ2n) is 8.17. The van der Waals surface area contributed by atoms with Crippen LogP contribution in [0.4, 0.5) is 14.5 Å². The van der Waals surface area contributed by atoms with Crippen molar-refractivity contribution in [3.8, 4) is 5.75 Å². The number of ether oxygens (including phenoxy) is 1. The third kappa shape index (κ3) is 2.19. The summed E-state index contributed by atoms with van der Waals surface area (Å²) in [5.74, 6) is -3.63. The normalized spacial score (nSPS) is 35.9. The number of anilines is 1. The standard InChI is InChI=1S/C19H19F2NO5S/c1-27-14-5-2-8(28(25,26)19(20)21)6-13(14)22-17(23)15-9-3-4-10(12-7-11(9)12)16(15)18(22)24/h2,5-6,9-12,15-16,19H,3-4,7H2,1H3. The molecule has 0 N–H and O–H groups in total. The minimum Gasteiger partial charge on any atom is -0.495 e. The van der Waals surface area contributed by atoms with Gasteiger partial charge in [0.1, 0.15) is 5.75 Å². The highest BCUT2D eigenvalue weighted by Gasteiger charge is 2.68. The average molecular weight is 411 g/mol. The Labute approximate surface area is 160 Å². The summed E-state index contributed by atoms with van der Waals surface area (Å²) in [5.41, 5.74) is -0.0679. The van der Waals surface area contributed by atoms with Gasteiger partial charge in [-0.15, -0.1) is 0 Å². The van der Waals surface area contributed by atoms with E-state index in [1.165, 1.54) is 13.2 Å². The quantitative estimate of drug-likeness (QED) is 0.711. The van der Waals surface area contributed by atoms with E-state index in [9.17, 15) is 26.8 Å². The molecular weight excluding hydrogens is 392 g/mol. The number of nitrogens with zero attached hydrogens (tertiary/aromatic N) is 1. The number of sulfone groups is 1. The molecule has 0 aromatic heterocycles. The lowest BCUT2D eigenvalue weighted by atomic mass is 9.59. The molecule has 2 bridgehead atoms. The Morgan fingerprint density at radius 1 is 1.04 bits per heavy atom. The fourth-order valence-corrected chi connectivity index (χ4v) is 6.64. The van der Waals surface area contributed by atoms with Gasteiger partial charge < -0.3 is 4.74 Å². The number of methoxy groups -OCH3 is 1. The van der Waals surface area contributed by atoms with Crippen LogP contribution in [0.25, 0.3) is 0 Å². The molecule has 150 valence electrons. The summed E-state index contributed by atoms with van der Waals surface area (Å²) >= 11 is 0. The largest absolute Gasteiger partial charge is 0.495 e. The molecule has 6 rings (SSSR count). The number of halogens is 2. The van der Waals surface area contributed by atoms with Gasteiger partial charge in [-0.2, -0.15) is 8.78 Å². The zero-order chi connectivity index (χ0) is 20.0. The molecule has 1 aliphatic heterocycles. The van der Waals surface area contributed by atoms with E-state index >= 15 is 0 Å². The van der Waals surface area contributed by atoms with E-state index < -0.39 is 32.3 Å². The number of benzene rings is 1. The molecule has 0 radical (unpaired) electrons. The number of hydrogen-bond donors (Lipinski definition) is 0. The van der Waals surface area contributed by atoms with E-state index in [1.54, 1.807) is 0 Å². The smallest absolute Gasteiger partial charge is 0.341 e. The van der Waals surface area contributed by atoms with Crippen molar-refractivity contribution >= 4 is 27.3 Å². The number of imide groups is 1. The molecular formula is C19H19F2NO5S. The first-order chi connectivity index (χ1) is 13.3. The van der Waals surface area contributed by atoms with E-state index in [1.807, 2.05) is 0 Å². The Balaban J connectivity index is 1.60. The molecule has 5 fully saturated rings. The van der Waals surface area contributed by atoms with Gasteiger partial charge in [0.15, 0.2) is 0 Å². The van der Waals surface area contributed by atoms with Crippen LogP contribution in [-0.4, -0.2) is 33.1 Å². The SMILES string of the molecule is COc1ccc(S(=O)(=O)C(F)F)cc1N1C(=O)C2C3CCC(C4CC43)C2C1=O. The van der Waals surface area contributed by atoms with Crippen LogP contribution in [0.1, 0.15) is 19.3 Å². The monoisotopic (exact) mass is 411 g/mol. The van der Waals surface area contributed by atoms with Crippen molar-refractivity contribution in [2.75, 3.05) is 12.0 Å². The van der Waals surface area contributed by atoms with E-state index in [0.29, 0.717) is 11.8 Å². The summed E-state index contributed by atoms with van der Waals surface area (Å²) in [6, 6.07) is 3.16. The fourth-order valence-electron chi connectivity index (χ4n) is 5.90. The zero-order valence-corrected chi connectivity index (χ0v) is 15.9. The third-order valence-corrected chi connectivity index (χ3v) is 8.48. The lowest BCUT2D eigenvalue weighted by molar-refractivity contribution is -0.129. The molecule has 1 aromatic rings. The molecule has 1 heterocycles. The van der Waals surface area contributed by atoms with Gasteiger partial charge in [0.2, 0.25) is 21.7 Å². The highest BCUT2D eigenvalue weighted by atomic mass is 32.2. The fraction of sp³-hybridized carbons (Fsp3) is 0.579. The van der Waals surface area contributed by atoms with E-state index in [-0.39, 0.29) is 35.1 Å². The van der Waals surface area contributed by atoms with Crippen molar-refractivity contribution < 1.29 is 31.5 Å². The molecule has 6 unspecified atom stereocenters. The maximum absolute atomic E-state index is 13.2. The van der Waals surface area contributed by atoms with Crippen LogP contribution in [0, 0.1) is 35.5 Å². The highest BCUT2D eigenvalue weighted by Crippen LogP contribution is 2.68. The topological polar surface area (TPSA) is 80.8 Å². The van der Waals surface area contributed by atoms with Crippen LogP contribution in [0.5, 0.6) is 5.75 Å². The molecule has 5 aliphatic rings. The van der Waals surface area contributed by atoms with Crippen molar-refractivity contribution in [1.82, 2.24) is 0 Å². The Morgan fingerprint density at radius 3 is 2.11 bits per heavy atom. The summed E-state index contributed by atoms with van der Waals surface area (Å²) in [7, 11) is -3.55. The maximum Gasteiger partial charge on any atom is 0.341 e. The minimum absolute atomic E-state index is 0.0679. The Bertz CT molecular complexity index is 960. The Kier molecular flexibility index (Phi) is 3.70. The molecule has 6 atom stereocenters. The van der Waals surface area contributed by atoms with Crippen LogP contribution >= 0.6 is 0 Å². The lowest BCUT2D eigenvalue weighted by Crippen LogP contribution is -2.43. The molecule has 1 aromatic carbocycles. The van der Waals surface area contributed by atoms with Crippen LogP contribution in [0.3, 0.4) is 0 Å². The maximum atomic E-state index is 13.2. The summed E-state index contributed by atoms with van der Waals surface area (Å²) < 4.78 is 55.0.